The third kappa shape index (κ3) is 4.17. The van der Waals surface area contributed by atoms with Crippen molar-refractivity contribution in [1.82, 2.24) is 24.1 Å². The van der Waals surface area contributed by atoms with Gasteiger partial charge in [0.15, 0.2) is 0 Å². The first-order valence-electron chi connectivity index (χ1n) is 17.0. The van der Waals surface area contributed by atoms with Crippen LogP contribution in [0.3, 0.4) is 0 Å². The minimum atomic E-state index is 0.656. The Labute approximate surface area is 296 Å². The van der Waals surface area contributed by atoms with Crippen LogP contribution in [0.2, 0.25) is 0 Å². The van der Waals surface area contributed by atoms with E-state index in [4.69, 9.17) is 9.97 Å². The molecule has 0 unspecified atom stereocenters. The minimum Gasteiger partial charge on any atom is -0.308 e. The molecule has 6 aromatic carbocycles. The highest BCUT2D eigenvalue weighted by Crippen LogP contribution is 2.47. The fourth-order valence-electron chi connectivity index (χ4n) is 7.77. The number of pyridine rings is 1. The molecular weight excluding hydrogens is 643 g/mol. The van der Waals surface area contributed by atoms with E-state index in [-0.39, 0.29) is 0 Å². The van der Waals surface area contributed by atoms with E-state index in [0.29, 0.717) is 5.95 Å². The molecule has 0 amide bonds. The van der Waals surface area contributed by atoms with E-state index >= 15 is 0 Å². The molecule has 11 rings (SSSR count). The van der Waals surface area contributed by atoms with Gasteiger partial charge in [-0.25, -0.2) is 9.97 Å². The Morgan fingerprint density at radius 2 is 1.12 bits per heavy atom. The number of nitrogens with zero attached hydrogens (tertiary/aromatic N) is 5. The Morgan fingerprint density at radius 1 is 0.451 bits per heavy atom. The maximum absolute atomic E-state index is 5.45. The molecule has 0 aliphatic rings. The molecule has 0 atom stereocenters. The molecule has 0 fully saturated rings. The van der Waals surface area contributed by atoms with Crippen LogP contribution in [0.5, 0.6) is 0 Å². The van der Waals surface area contributed by atoms with Gasteiger partial charge in [-0.05, 0) is 48.0 Å². The second kappa shape index (κ2) is 10.9. The lowest BCUT2D eigenvalue weighted by Crippen LogP contribution is -2.03. The lowest BCUT2D eigenvalue weighted by molar-refractivity contribution is 1.02. The van der Waals surface area contributed by atoms with Crippen LogP contribution in [0, 0.1) is 0 Å². The number of rotatable bonds is 4. The summed E-state index contributed by atoms with van der Waals surface area (Å²) in [6.45, 7) is 0. The van der Waals surface area contributed by atoms with Crippen LogP contribution in [0.15, 0.2) is 164 Å². The molecule has 0 saturated heterocycles. The Hall–Kier alpha value is -6.63. The quantitative estimate of drug-likeness (QED) is 0.187. The standard InChI is InChI=1S/C45H27N5S/c1-3-12-28(13-4-1)40-36-26-29(30-14-11-25-46-27-30)21-24-37(36)47-45(48-40)50-38-19-9-7-17-32(38)33-22-23-35-42-43(51-44(35)41(33)50)34-18-8-10-20-39(34)49(42)31-15-5-2-6-16-31/h1-27H. The summed E-state index contributed by atoms with van der Waals surface area (Å²) in [6, 6.07) is 53.6. The normalized spacial score (nSPS) is 11.9. The van der Waals surface area contributed by atoms with Gasteiger partial charge in [-0.15, -0.1) is 11.3 Å². The van der Waals surface area contributed by atoms with E-state index in [9.17, 15) is 0 Å². The molecule has 51 heavy (non-hydrogen) atoms. The molecule has 5 heterocycles. The lowest BCUT2D eigenvalue weighted by atomic mass is 10.0. The van der Waals surface area contributed by atoms with Gasteiger partial charge in [0.2, 0.25) is 5.95 Å². The van der Waals surface area contributed by atoms with Crippen LogP contribution in [-0.4, -0.2) is 24.1 Å². The summed E-state index contributed by atoms with van der Waals surface area (Å²) >= 11 is 1.86. The molecule has 6 heteroatoms. The molecule has 0 aliphatic heterocycles. The van der Waals surface area contributed by atoms with E-state index in [1.54, 1.807) is 6.20 Å². The fourth-order valence-corrected chi connectivity index (χ4v) is 9.13. The number of hydrogen-bond acceptors (Lipinski definition) is 4. The molecule has 0 N–H and O–H groups in total. The van der Waals surface area contributed by atoms with E-state index in [0.717, 1.165) is 50.0 Å². The zero-order chi connectivity index (χ0) is 33.5. The zero-order valence-electron chi connectivity index (χ0n) is 27.2. The van der Waals surface area contributed by atoms with Crippen molar-refractivity contribution in [3.63, 3.8) is 0 Å². The Morgan fingerprint density at radius 3 is 1.92 bits per heavy atom. The van der Waals surface area contributed by atoms with Crippen molar-refractivity contribution >= 4 is 75.3 Å². The van der Waals surface area contributed by atoms with Crippen molar-refractivity contribution in [2.75, 3.05) is 0 Å². The maximum atomic E-state index is 5.45. The van der Waals surface area contributed by atoms with Crippen LogP contribution in [0.25, 0.3) is 97.9 Å². The van der Waals surface area contributed by atoms with E-state index < -0.39 is 0 Å². The minimum absolute atomic E-state index is 0.656. The average molecular weight is 670 g/mol. The van der Waals surface area contributed by atoms with Crippen LogP contribution < -0.4 is 0 Å². The van der Waals surface area contributed by atoms with E-state index in [2.05, 4.69) is 154 Å². The number of para-hydroxylation sites is 3. The SMILES string of the molecule is c1ccc(-c2nc(-n3c4ccccc4c4ccc5c(sc6c7ccccc7n(-c7ccccc7)c56)c43)nc3ccc(-c4cccnc4)cc23)cc1. The molecule has 5 aromatic heterocycles. The first-order valence-corrected chi connectivity index (χ1v) is 17.8. The molecule has 0 saturated carbocycles. The van der Waals surface area contributed by atoms with Gasteiger partial charge in [0, 0.05) is 56.1 Å². The molecule has 0 spiro atoms. The van der Waals surface area contributed by atoms with Gasteiger partial charge < -0.3 is 4.57 Å². The topological polar surface area (TPSA) is 48.5 Å². The first-order chi connectivity index (χ1) is 25.3. The van der Waals surface area contributed by atoms with E-state index in [1.807, 2.05) is 29.7 Å². The molecule has 238 valence electrons. The van der Waals surface area contributed by atoms with Crippen LogP contribution in [0.1, 0.15) is 0 Å². The van der Waals surface area contributed by atoms with Crippen molar-refractivity contribution < 1.29 is 0 Å². The Balaban J connectivity index is 1.26. The van der Waals surface area contributed by atoms with Gasteiger partial charge in [0.05, 0.1) is 42.7 Å². The number of fused-ring (bicyclic) bond motifs is 10. The number of hydrogen-bond donors (Lipinski definition) is 0. The Bertz CT molecular complexity index is 3120. The third-order valence-corrected chi connectivity index (χ3v) is 11.3. The molecule has 0 aliphatic carbocycles. The summed E-state index contributed by atoms with van der Waals surface area (Å²) in [4.78, 5) is 15.2. The summed E-state index contributed by atoms with van der Waals surface area (Å²) in [5.41, 5.74) is 10.8. The second-order valence-electron chi connectivity index (χ2n) is 12.9. The van der Waals surface area contributed by atoms with Crippen molar-refractivity contribution in [2.24, 2.45) is 0 Å². The van der Waals surface area contributed by atoms with Gasteiger partial charge >= 0.3 is 0 Å². The van der Waals surface area contributed by atoms with Gasteiger partial charge in [-0.3, -0.25) is 9.55 Å². The fraction of sp³-hybridized carbons (Fsp3) is 0. The van der Waals surface area contributed by atoms with E-state index in [1.165, 1.54) is 42.0 Å². The zero-order valence-corrected chi connectivity index (χ0v) is 28.0. The monoisotopic (exact) mass is 669 g/mol. The summed E-state index contributed by atoms with van der Waals surface area (Å²) in [6.07, 6.45) is 3.70. The van der Waals surface area contributed by atoms with Gasteiger partial charge in [0.25, 0.3) is 0 Å². The number of benzene rings is 6. The third-order valence-electron chi connectivity index (χ3n) is 10.0. The highest BCUT2D eigenvalue weighted by molar-refractivity contribution is 7.27. The summed E-state index contributed by atoms with van der Waals surface area (Å²) in [5.74, 6) is 0.656. The highest BCUT2D eigenvalue weighted by Gasteiger charge is 2.24. The Kier molecular flexibility index (Phi) is 6.05. The first kappa shape index (κ1) is 28.2. The predicted molar refractivity (Wildman–Crippen MR) is 212 cm³/mol. The number of thiophene rings is 1. The second-order valence-corrected chi connectivity index (χ2v) is 13.9. The summed E-state index contributed by atoms with van der Waals surface area (Å²) in [7, 11) is 0. The van der Waals surface area contributed by atoms with Gasteiger partial charge in [0.1, 0.15) is 0 Å². The number of aromatic nitrogens is 5. The van der Waals surface area contributed by atoms with Crippen molar-refractivity contribution in [1.29, 1.82) is 0 Å². The molecular formula is C45H27N5S. The summed E-state index contributed by atoms with van der Waals surface area (Å²) in [5, 5.41) is 5.85. The largest absolute Gasteiger partial charge is 0.308 e. The van der Waals surface area contributed by atoms with Gasteiger partial charge in [-0.2, -0.15) is 0 Å². The van der Waals surface area contributed by atoms with Gasteiger partial charge in [-0.1, -0.05) is 109 Å². The van der Waals surface area contributed by atoms with Crippen LogP contribution in [0.4, 0.5) is 0 Å². The molecule has 0 radical (unpaired) electrons. The average Bonchev–Trinajstić information content (AvgIpc) is 3.85. The molecule has 0 bridgehead atoms. The summed E-state index contributed by atoms with van der Waals surface area (Å²) < 4.78 is 7.21. The van der Waals surface area contributed by atoms with Crippen molar-refractivity contribution in [2.45, 2.75) is 0 Å². The van der Waals surface area contributed by atoms with Crippen molar-refractivity contribution in [3.05, 3.63) is 164 Å². The lowest BCUT2D eigenvalue weighted by Gasteiger charge is -2.13. The smallest absolute Gasteiger partial charge is 0.235 e. The predicted octanol–water partition coefficient (Wildman–Crippen LogP) is 11.8. The van der Waals surface area contributed by atoms with Crippen LogP contribution >= 0.6 is 11.3 Å². The molecule has 11 aromatic rings. The molecule has 5 nitrogen and oxygen atoms in total. The van der Waals surface area contributed by atoms with Crippen LogP contribution in [-0.2, 0) is 0 Å². The highest BCUT2D eigenvalue weighted by atomic mass is 32.1. The maximum Gasteiger partial charge on any atom is 0.235 e. The van der Waals surface area contributed by atoms with Crippen molar-refractivity contribution in [3.8, 4) is 34.0 Å².